The molecule has 6 nitrogen and oxygen atoms in total. The summed E-state index contributed by atoms with van der Waals surface area (Å²) in [5, 5.41) is 12.6. The van der Waals surface area contributed by atoms with Crippen molar-refractivity contribution < 1.29 is 19.2 Å². The molecule has 0 aromatic heterocycles. The van der Waals surface area contributed by atoms with Gasteiger partial charge >= 0.3 is 0 Å². The van der Waals surface area contributed by atoms with Crippen molar-refractivity contribution in [3.63, 3.8) is 0 Å². The van der Waals surface area contributed by atoms with Crippen LogP contribution in [0.1, 0.15) is 129 Å². The zero-order chi connectivity index (χ0) is 28.3. The molecule has 208 valence electrons. The molecule has 0 unspecified atom stereocenters. The molecule has 0 saturated heterocycles. The first-order chi connectivity index (χ1) is 20.5. The van der Waals surface area contributed by atoms with Crippen molar-refractivity contribution in [2.45, 2.75) is 76.0 Å². The minimum atomic E-state index is -0.370. The van der Waals surface area contributed by atoms with E-state index in [4.69, 9.17) is 0 Å². The Morgan fingerprint density at radius 2 is 0.905 bits per heavy atom. The Balaban J connectivity index is 1.57. The molecule has 2 saturated carbocycles. The van der Waals surface area contributed by atoms with Crippen LogP contribution in [-0.2, 0) is 0 Å². The van der Waals surface area contributed by atoms with Gasteiger partial charge in [0.1, 0.15) is 0 Å². The highest BCUT2D eigenvalue weighted by molar-refractivity contribution is 6.42. The molecule has 4 aliphatic rings. The highest BCUT2D eigenvalue weighted by Gasteiger charge is 2.38. The lowest BCUT2D eigenvalue weighted by Crippen LogP contribution is -2.36. The molecule has 4 amide bonds. The van der Waals surface area contributed by atoms with Crippen LogP contribution in [0.3, 0.4) is 0 Å². The van der Waals surface area contributed by atoms with Gasteiger partial charge in [-0.2, -0.15) is 0 Å². The van der Waals surface area contributed by atoms with Gasteiger partial charge in [-0.25, -0.2) is 0 Å². The van der Waals surface area contributed by atoms with Gasteiger partial charge in [0, 0.05) is 27.5 Å². The molecular weight excluding hydrogens is 524 g/mol. The van der Waals surface area contributed by atoms with Gasteiger partial charge in [-0.15, -0.1) is 0 Å². The van der Waals surface area contributed by atoms with E-state index >= 15 is 0 Å². The minimum Gasteiger partial charge on any atom is -0.288 e. The monoisotopic (exact) mass is 554 g/mol. The van der Waals surface area contributed by atoms with Gasteiger partial charge in [0.05, 0.1) is 5.56 Å². The van der Waals surface area contributed by atoms with Crippen LogP contribution in [0.5, 0.6) is 0 Å². The molecule has 2 heterocycles. The number of hydrogen-bond acceptors (Lipinski definition) is 4. The summed E-state index contributed by atoms with van der Waals surface area (Å²) in [7, 11) is 0. The fourth-order valence-corrected chi connectivity index (χ4v) is 9.00. The van der Waals surface area contributed by atoms with E-state index in [1.165, 1.54) is 18.4 Å². The Bertz CT molecular complexity index is 2060. The van der Waals surface area contributed by atoms with E-state index in [0.717, 1.165) is 94.6 Å². The molecule has 2 aliphatic carbocycles. The van der Waals surface area contributed by atoms with Crippen LogP contribution in [0.2, 0.25) is 0 Å². The molecule has 0 atom stereocenters. The zero-order valence-electron chi connectivity index (χ0n) is 23.3. The van der Waals surface area contributed by atoms with Crippen LogP contribution in [0.4, 0.5) is 0 Å². The topological polar surface area (TPSA) is 92.3 Å². The Hall–Kier alpha value is -4.32. The van der Waals surface area contributed by atoms with Gasteiger partial charge in [-0.3, -0.25) is 29.8 Å². The Morgan fingerprint density at radius 3 is 1.50 bits per heavy atom. The van der Waals surface area contributed by atoms with Crippen molar-refractivity contribution in [2.24, 2.45) is 0 Å². The number of rotatable bonds is 2. The Morgan fingerprint density at radius 1 is 0.429 bits per heavy atom. The smallest absolute Gasteiger partial charge is 0.259 e. The lowest BCUT2D eigenvalue weighted by atomic mass is 9.69. The number of amides is 4. The summed E-state index contributed by atoms with van der Waals surface area (Å²) < 4.78 is 0. The summed E-state index contributed by atoms with van der Waals surface area (Å²) in [6.07, 6.45) is 11.2. The van der Waals surface area contributed by atoms with Gasteiger partial charge in [0.25, 0.3) is 23.6 Å². The summed E-state index contributed by atoms with van der Waals surface area (Å²) in [5.74, 6) is -0.786. The molecule has 5 aromatic rings. The van der Waals surface area contributed by atoms with Crippen molar-refractivity contribution in [1.82, 2.24) is 10.6 Å². The largest absolute Gasteiger partial charge is 0.288 e. The van der Waals surface area contributed by atoms with Gasteiger partial charge in [0.2, 0.25) is 0 Å². The highest BCUT2D eigenvalue weighted by atomic mass is 16.2. The number of carbonyl (C=O) groups excluding carboxylic acids is 4. The summed E-state index contributed by atoms with van der Waals surface area (Å²) in [6, 6.07) is 11.5. The van der Waals surface area contributed by atoms with E-state index in [0.29, 0.717) is 33.6 Å². The molecule has 0 bridgehead atoms. The van der Waals surface area contributed by atoms with Gasteiger partial charge in [-0.05, 0) is 99.2 Å². The summed E-state index contributed by atoms with van der Waals surface area (Å²) >= 11 is 0. The summed E-state index contributed by atoms with van der Waals surface area (Å²) in [6.45, 7) is 0. The van der Waals surface area contributed by atoms with Crippen molar-refractivity contribution in [2.75, 3.05) is 0 Å². The van der Waals surface area contributed by atoms with Crippen LogP contribution >= 0.6 is 0 Å². The SMILES string of the molecule is O=C1NC(=O)c2ccc3c4c(C5CCCCC5)c(C5CCCCC5)c5c6c(ccc(c7ccc1c2c73)c64)C(=O)NC5=O. The van der Waals surface area contributed by atoms with Crippen molar-refractivity contribution in [3.05, 3.63) is 69.8 Å². The number of imide groups is 2. The lowest BCUT2D eigenvalue weighted by molar-refractivity contribution is 0.0828. The van der Waals surface area contributed by atoms with Gasteiger partial charge in [-0.1, -0.05) is 56.7 Å². The third-order valence-corrected chi connectivity index (χ3v) is 10.7. The number of benzene rings is 5. The van der Waals surface area contributed by atoms with Crippen molar-refractivity contribution in [1.29, 1.82) is 0 Å². The van der Waals surface area contributed by atoms with Crippen LogP contribution in [-0.4, -0.2) is 23.6 Å². The maximum absolute atomic E-state index is 13.9. The second-order valence-electron chi connectivity index (χ2n) is 12.8. The van der Waals surface area contributed by atoms with E-state index in [-0.39, 0.29) is 29.5 Å². The first-order valence-corrected chi connectivity index (χ1v) is 15.5. The number of nitrogens with one attached hydrogen (secondary N) is 2. The number of carbonyl (C=O) groups is 4. The quantitative estimate of drug-likeness (QED) is 0.134. The second kappa shape index (κ2) is 8.60. The Kier molecular flexibility index (Phi) is 4.98. The molecule has 5 aromatic carbocycles. The second-order valence-corrected chi connectivity index (χ2v) is 12.8. The molecule has 6 heteroatoms. The average molecular weight is 555 g/mol. The number of hydrogen-bond donors (Lipinski definition) is 2. The minimum absolute atomic E-state index is 0.260. The standard InChI is InChI=1S/C36H30N2O4/c39-33-22-14-11-19-20-12-15-24-31-29(20)30(21-13-16-23(34(40)37-33)28(22)27(19)21)25(17-7-3-1-4-8-17)26(18-9-5-2-6-10-18)32(31)36(42)38-35(24)41/h11-18H,1-10H2,(H,37,39,40)(H,38,41,42). The fourth-order valence-electron chi connectivity index (χ4n) is 9.00. The van der Waals surface area contributed by atoms with E-state index in [9.17, 15) is 19.2 Å². The van der Waals surface area contributed by atoms with E-state index in [1.807, 2.05) is 24.3 Å². The molecule has 9 rings (SSSR count). The van der Waals surface area contributed by atoms with E-state index in [1.54, 1.807) is 6.07 Å². The van der Waals surface area contributed by atoms with Crippen LogP contribution in [0.15, 0.2) is 36.4 Å². The normalized spacial score (nSPS) is 19.8. The molecule has 0 radical (unpaired) electrons. The predicted molar refractivity (Wildman–Crippen MR) is 163 cm³/mol. The predicted octanol–water partition coefficient (Wildman–Crippen LogP) is 7.60. The molecule has 2 fully saturated rings. The van der Waals surface area contributed by atoms with Crippen molar-refractivity contribution >= 4 is 66.7 Å². The average Bonchev–Trinajstić information content (AvgIpc) is 3.02. The summed E-state index contributed by atoms with van der Waals surface area (Å²) in [4.78, 5) is 53.3. The Labute approximate surface area is 242 Å². The first-order valence-electron chi connectivity index (χ1n) is 15.5. The van der Waals surface area contributed by atoms with Gasteiger partial charge in [0.15, 0.2) is 0 Å². The first kappa shape index (κ1) is 24.3. The maximum Gasteiger partial charge on any atom is 0.259 e. The molecule has 42 heavy (non-hydrogen) atoms. The zero-order valence-corrected chi connectivity index (χ0v) is 23.3. The fraction of sp³-hybridized carbons (Fsp3) is 0.333. The van der Waals surface area contributed by atoms with E-state index < -0.39 is 0 Å². The van der Waals surface area contributed by atoms with Crippen LogP contribution < -0.4 is 10.6 Å². The third-order valence-electron chi connectivity index (χ3n) is 10.7. The van der Waals surface area contributed by atoms with E-state index in [2.05, 4.69) is 16.7 Å². The maximum atomic E-state index is 13.9. The number of fused-ring (bicyclic) bond motifs is 2. The van der Waals surface area contributed by atoms with Gasteiger partial charge < -0.3 is 0 Å². The summed E-state index contributed by atoms with van der Waals surface area (Å²) in [5.41, 5.74) is 4.73. The molecule has 2 aliphatic heterocycles. The van der Waals surface area contributed by atoms with Crippen LogP contribution in [0.25, 0.3) is 43.1 Å². The molecule has 2 N–H and O–H groups in total. The van der Waals surface area contributed by atoms with Crippen LogP contribution in [0, 0.1) is 0 Å². The molecular formula is C36H30N2O4. The highest BCUT2D eigenvalue weighted by Crippen LogP contribution is 2.53. The molecule has 0 spiro atoms. The van der Waals surface area contributed by atoms with Crippen molar-refractivity contribution in [3.8, 4) is 0 Å². The third kappa shape index (κ3) is 3.05. The lowest BCUT2D eigenvalue weighted by Gasteiger charge is -2.35.